The second kappa shape index (κ2) is 16.9. The zero-order valence-corrected chi connectivity index (χ0v) is 31.2. The summed E-state index contributed by atoms with van der Waals surface area (Å²) in [4.78, 5) is 4.21. The summed E-state index contributed by atoms with van der Waals surface area (Å²) in [6.07, 6.45) is 4.82. The van der Waals surface area contributed by atoms with Gasteiger partial charge in [0.1, 0.15) is 47.7 Å². The molecule has 3 nitrogen and oxygen atoms in total. The summed E-state index contributed by atoms with van der Waals surface area (Å²) in [5.74, 6) is 0.799. The smallest absolute Gasteiger partial charge is 0.343 e. The van der Waals surface area contributed by atoms with Crippen molar-refractivity contribution in [3.05, 3.63) is 188 Å². The van der Waals surface area contributed by atoms with Crippen LogP contribution >= 0.6 is 15.8 Å². The second-order valence-corrected chi connectivity index (χ2v) is 17.2. The second-order valence-electron chi connectivity index (χ2n) is 12.3. The zero-order chi connectivity index (χ0) is 32.5. The van der Waals surface area contributed by atoms with E-state index in [9.17, 15) is 0 Å². The molecule has 0 unspecified atom stereocenters. The van der Waals surface area contributed by atoms with Crippen molar-refractivity contribution in [2.24, 2.45) is 0 Å². The minimum atomic E-state index is -1.14. The molecule has 0 aliphatic heterocycles. The molecule has 0 bridgehead atoms. The van der Waals surface area contributed by atoms with Crippen molar-refractivity contribution in [1.82, 2.24) is 14.8 Å². The van der Waals surface area contributed by atoms with Gasteiger partial charge in [-0.3, -0.25) is 5.10 Å². The number of benzene rings is 5. The number of aromatic nitrogens is 3. The van der Waals surface area contributed by atoms with Crippen LogP contribution in [0.15, 0.2) is 176 Å². The fourth-order valence-electron chi connectivity index (χ4n) is 5.54. The first-order valence-electron chi connectivity index (χ1n) is 15.9. The van der Waals surface area contributed by atoms with E-state index in [1.165, 1.54) is 31.8 Å². The molecule has 6 heteroatoms. The monoisotopic (exact) mass is 750 g/mol. The van der Waals surface area contributed by atoms with E-state index in [0.717, 1.165) is 11.5 Å². The quantitative estimate of drug-likeness (QED) is 0.0997. The Hall–Kier alpha value is -4.06. The van der Waals surface area contributed by atoms with Gasteiger partial charge >= 0.3 is 19.5 Å². The molecule has 0 N–H and O–H groups in total. The third-order valence-corrected chi connectivity index (χ3v) is 13.7. The molecule has 0 fully saturated rings. The van der Waals surface area contributed by atoms with Gasteiger partial charge in [0, 0.05) is 6.20 Å². The Balaban J connectivity index is 0.000000237. The van der Waals surface area contributed by atoms with Crippen molar-refractivity contribution in [3.8, 4) is 5.82 Å². The van der Waals surface area contributed by atoms with E-state index in [2.05, 4.69) is 183 Å². The van der Waals surface area contributed by atoms with E-state index in [1.807, 2.05) is 24.3 Å². The summed E-state index contributed by atoms with van der Waals surface area (Å²) in [7, 11) is -2.28. The maximum atomic E-state index is 4.45. The summed E-state index contributed by atoms with van der Waals surface area (Å²) in [5.41, 5.74) is 1.07. The molecule has 1 radical (unpaired) electrons. The van der Waals surface area contributed by atoms with Crippen LogP contribution in [-0.2, 0) is 24.9 Å². The molecule has 7 rings (SSSR count). The van der Waals surface area contributed by atoms with Gasteiger partial charge in [0.25, 0.3) is 0 Å². The van der Waals surface area contributed by atoms with Gasteiger partial charge in [0.15, 0.2) is 0 Å². The van der Waals surface area contributed by atoms with Crippen molar-refractivity contribution < 1.29 is 19.5 Å². The summed E-state index contributed by atoms with van der Waals surface area (Å²) >= 11 is 0. The number of hydrogen-bond donors (Lipinski definition) is 0. The van der Waals surface area contributed by atoms with Crippen LogP contribution in [-0.4, -0.2) is 14.8 Å². The first kappa shape index (κ1) is 35.3. The molecule has 0 aliphatic rings. The van der Waals surface area contributed by atoms with E-state index in [4.69, 9.17) is 0 Å². The Labute approximate surface area is 300 Å². The van der Waals surface area contributed by atoms with Crippen LogP contribution in [0.5, 0.6) is 0 Å². The Morgan fingerprint density at radius 3 is 1.21 bits per heavy atom. The fourth-order valence-corrected chi connectivity index (χ4v) is 11.5. The molecule has 7 aromatic rings. The van der Waals surface area contributed by atoms with Crippen LogP contribution < -0.4 is 31.8 Å². The maximum absolute atomic E-state index is 4.45. The summed E-state index contributed by atoms with van der Waals surface area (Å²) in [5, 5.41) is 13.2. The predicted octanol–water partition coefficient (Wildman–Crippen LogP) is 7.03. The zero-order valence-electron chi connectivity index (χ0n) is 27.4. The van der Waals surface area contributed by atoms with Gasteiger partial charge in [-0.15, -0.1) is 6.07 Å². The SMILES string of the molecule is CC(C)(C)c1c[c-]n(-c2ccccn2)n1.[Ru+].c1ccc([PH+](c2ccccc2)c2ccccc2[PH+](c2ccccc2)c2ccccc2)cc1. The van der Waals surface area contributed by atoms with Gasteiger partial charge in [0.2, 0.25) is 0 Å². The van der Waals surface area contributed by atoms with Gasteiger partial charge in [-0.25, -0.2) is 0 Å². The minimum Gasteiger partial charge on any atom is -0.343 e. The first-order valence-corrected chi connectivity index (χ1v) is 18.9. The normalized spacial score (nSPS) is 11.0. The van der Waals surface area contributed by atoms with Crippen LogP contribution in [0.25, 0.3) is 5.82 Å². The summed E-state index contributed by atoms with van der Waals surface area (Å²) in [6, 6.07) is 61.1. The maximum Gasteiger partial charge on any atom is 1.00 e. The average molecular weight is 750 g/mol. The Morgan fingerprint density at radius 1 is 0.500 bits per heavy atom. The molecule has 0 saturated carbocycles. The largest absolute Gasteiger partial charge is 1.00 e. The van der Waals surface area contributed by atoms with Crippen molar-refractivity contribution in [3.63, 3.8) is 0 Å². The minimum absolute atomic E-state index is 0. The molecule has 0 saturated heterocycles. The summed E-state index contributed by atoms with van der Waals surface area (Å²) < 4.78 is 1.68. The van der Waals surface area contributed by atoms with Gasteiger partial charge in [-0.2, -0.15) is 0 Å². The molecule has 5 aromatic carbocycles. The predicted molar refractivity (Wildman–Crippen MR) is 206 cm³/mol. The molecule has 2 heterocycles. The van der Waals surface area contributed by atoms with E-state index >= 15 is 0 Å². The van der Waals surface area contributed by atoms with Crippen LogP contribution in [0.3, 0.4) is 0 Å². The van der Waals surface area contributed by atoms with Crippen LogP contribution in [0, 0.1) is 6.20 Å². The average Bonchev–Trinajstić information content (AvgIpc) is 3.64. The van der Waals surface area contributed by atoms with Crippen molar-refractivity contribution in [1.29, 1.82) is 0 Å². The van der Waals surface area contributed by atoms with Crippen molar-refractivity contribution in [2.75, 3.05) is 0 Å². The van der Waals surface area contributed by atoms with Gasteiger partial charge in [0.05, 0.1) is 5.82 Å². The Morgan fingerprint density at radius 2 is 0.875 bits per heavy atom. The fraction of sp³-hybridized carbons (Fsp3) is 0.0952. The van der Waals surface area contributed by atoms with E-state index in [1.54, 1.807) is 10.9 Å². The number of rotatable bonds is 7. The van der Waals surface area contributed by atoms with Crippen molar-refractivity contribution in [2.45, 2.75) is 26.2 Å². The van der Waals surface area contributed by atoms with E-state index in [0.29, 0.717) is 0 Å². The first-order chi connectivity index (χ1) is 23.0. The van der Waals surface area contributed by atoms with Crippen molar-refractivity contribution >= 4 is 47.7 Å². The van der Waals surface area contributed by atoms with Gasteiger partial charge in [-0.1, -0.05) is 124 Å². The van der Waals surface area contributed by atoms with Gasteiger partial charge in [-0.05, 0) is 77.8 Å². The third kappa shape index (κ3) is 8.69. The number of nitrogens with zero attached hydrogens (tertiary/aromatic N) is 3. The molecule has 0 aliphatic carbocycles. The standard InChI is InChI=1S/C30H24P2.C12H14N3.Ru/c1-5-15-25(16-6-1)31(26-17-7-2-8-18-26)29-23-13-14-24-30(29)32(27-19-9-3-10-20-27)28-21-11-4-12-22-28;1-12(2,3)10-7-9-15(14-10)11-6-4-5-8-13-11;/h1-24H;4-8H,1-3H3;/q;-1;+1/p+2. The summed E-state index contributed by atoms with van der Waals surface area (Å²) in [6.45, 7) is 6.39. The third-order valence-electron chi connectivity index (χ3n) is 7.88. The molecule has 48 heavy (non-hydrogen) atoms. The molecular formula is C42H40N3P2Ru+2. The van der Waals surface area contributed by atoms with Crippen LogP contribution in [0.2, 0.25) is 0 Å². The molecule has 2 aromatic heterocycles. The van der Waals surface area contributed by atoms with Crippen LogP contribution in [0.1, 0.15) is 26.5 Å². The molecule has 0 atom stereocenters. The molecule has 0 spiro atoms. The molecule has 239 valence electrons. The molecule has 0 amide bonds. The van der Waals surface area contributed by atoms with E-state index in [-0.39, 0.29) is 24.9 Å². The van der Waals surface area contributed by atoms with E-state index < -0.39 is 15.8 Å². The topological polar surface area (TPSA) is 30.7 Å². The number of hydrogen-bond acceptors (Lipinski definition) is 2. The Bertz CT molecular complexity index is 1780. The van der Waals surface area contributed by atoms with Gasteiger partial charge < -0.3 is 9.67 Å². The number of pyridine rings is 1. The van der Waals surface area contributed by atoms with Crippen LogP contribution in [0.4, 0.5) is 0 Å². The Kier molecular flexibility index (Phi) is 12.4. The molecular weight excluding hydrogens is 710 g/mol.